The van der Waals surface area contributed by atoms with Crippen LogP contribution < -0.4 is 5.32 Å². The average molecular weight is 458 g/mol. The van der Waals surface area contributed by atoms with Crippen molar-refractivity contribution >= 4 is 23.8 Å². The number of hydrogen-bond donors (Lipinski definition) is 2. The molecule has 0 saturated carbocycles. The number of amides is 2. The van der Waals surface area contributed by atoms with Crippen molar-refractivity contribution in [1.29, 1.82) is 0 Å². The number of carbonyl (C=O) groups is 3. The quantitative estimate of drug-likeness (QED) is 0.527. The maximum atomic E-state index is 12.6. The van der Waals surface area contributed by atoms with E-state index in [0.717, 1.165) is 27.2 Å². The van der Waals surface area contributed by atoms with Gasteiger partial charge in [-0.2, -0.15) is 5.10 Å². The molecule has 0 atom stereocenters. The second-order valence-electron chi connectivity index (χ2n) is 7.75. The second kappa shape index (κ2) is 9.50. The molecule has 34 heavy (non-hydrogen) atoms. The molecule has 2 aromatic carbocycles. The molecule has 1 aliphatic rings. The Morgan fingerprint density at radius 3 is 2.35 bits per heavy atom. The van der Waals surface area contributed by atoms with Crippen molar-refractivity contribution < 1.29 is 24.2 Å². The van der Waals surface area contributed by atoms with Gasteiger partial charge in [-0.05, 0) is 22.3 Å². The fourth-order valence-electron chi connectivity index (χ4n) is 4.06. The number of nitrogens with zero attached hydrogens (tertiary/aromatic N) is 3. The first-order chi connectivity index (χ1) is 16.4. The lowest BCUT2D eigenvalue weighted by molar-refractivity contribution is -0.137. The van der Waals surface area contributed by atoms with E-state index in [0.29, 0.717) is 0 Å². The Morgan fingerprint density at radius 2 is 1.76 bits per heavy atom. The second-order valence-corrected chi connectivity index (χ2v) is 7.75. The summed E-state index contributed by atoms with van der Waals surface area (Å²) in [5.41, 5.74) is 4.39. The van der Waals surface area contributed by atoms with Gasteiger partial charge in [0.2, 0.25) is 0 Å². The molecule has 2 N–H and O–H groups in total. The van der Waals surface area contributed by atoms with Crippen LogP contribution in [0.4, 0.5) is 10.6 Å². The first-order valence-electron chi connectivity index (χ1n) is 10.5. The van der Waals surface area contributed by atoms with Crippen LogP contribution in [0.5, 0.6) is 0 Å². The number of fused-ring (bicyclic) bond motifs is 3. The van der Waals surface area contributed by atoms with Crippen LogP contribution in [0.2, 0.25) is 0 Å². The number of anilines is 1. The van der Waals surface area contributed by atoms with Gasteiger partial charge in [0.1, 0.15) is 19.0 Å². The normalized spacial score (nSPS) is 11.8. The number of rotatable bonds is 7. The van der Waals surface area contributed by atoms with Gasteiger partial charge in [0.25, 0.3) is 5.91 Å². The van der Waals surface area contributed by atoms with Gasteiger partial charge in [-0.15, -0.1) is 6.42 Å². The van der Waals surface area contributed by atoms with Crippen LogP contribution in [0, 0.1) is 12.3 Å². The van der Waals surface area contributed by atoms with Crippen molar-refractivity contribution in [1.82, 2.24) is 14.7 Å². The Labute approximate surface area is 195 Å². The number of hydrogen-bond acceptors (Lipinski definition) is 5. The standard InChI is InChI=1S/C25H22N4O5/c1-3-12-29(14-23(30)31)24(32)21-13-22(28(2)27-21)26-25(33)34-15-20-18-10-6-4-8-16(18)17-9-5-7-11-19(17)20/h1,4-11,13,20H,12,14-15H2,2H3,(H,26,33)(H,30,31). The molecule has 0 radical (unpaired) electrons. The molecule has 0 aliphatic heterocycles. The zero-order valence-corrected chi connectivity index (χ0v) is 18.4. The minimum absolute atomic E-state index is 0.0482. The van der Waals surface area contributed by atoms with Crippen LogP contribution >= 0.6 is 0 Å². The maximum Gasteiger partial charge on any atom is 0.412 e. The van der Waals surface area contributed by atoms with Crippen LogP contribution in [-0.4, -0.2) is 57.5 Å². The number of benzene rings is 2. The number of aromatic nitrogens is 2. The fourth-order valence-corrected chi connectivity index (χ4v) is 4.06. The minimum atomic E-state index is -1.20. The summed E-state index contributed by atoms with van der Waals surface area (Å²) in [7, 11) is 1.54. The number of aliphatic carboxylic acids is 1. The number of terminal acetylenes is 1. The van der Waals surface area contributed by atoms with Crippen LogP contribution in [0.3, 0.4) is 0 Å². The predicted octanol–water partition coefficient (Wildman–Crippen LogP) is 2.94. The Kier molecular flexibility index (Phi) is 6.32. The Morgan fingerprint density at radius 1 is 1.15 bits per heavy atom. The number of carboxylic acid groups (broad SMARTS) is 1. The summed E-state index contributed by atoms with van der Waals surface area (Å²) in [5, 5.41) is 15.6. The van der Waals surface area contributed by atoms with Crippen molar-refractivity contribution in [2.75, 3.05) is 25.0 Å². The Bertz CT molecular complexity index is 1260. The van der Waals surface area contributed by atoms with E-state index in [1.54, 1.807) is 7.05 Å². The third kappa shape index (κ3) is 4.47. The van der Waals surface area contributed by atoms with Crippen LogP contribution in [0.1, 0.15) is 27.5 Å². The lowest BCUT2D eigenvalue weighted by Crippen LogP contribution is -2.36. The molecule has 1 aliphatic carbocycles. The van der Waals surface area contributed by atoms with E-state index in [2.05, 4.69) is 28.5 Å². The summed E-state index contributed by atoms with van der Waals surface area (Å²) in [6.45, 7) is -0.607. The van der Waals surface area contributed by atoms with E-state index in [-0.39, 0.29) is 30.6 Å². The Balaban J connectivity index is 1.44. The summed E-state index contributed by atoms with van der Waals surface area (Å²) < 4.78 is 6.81. The number of aryl methyl sites for hydroxylation is 1. The first-order valence-corrected chi connectivity index (χ1v) is 10.5. The highest BCUT2D eigenvalue weighted by molar-refractivity contribution is 5.96. The molecule has 1 heterocycles. The Hall–Kier alpha value is -4.58. The van der Waals surface area contributed by atoms with Crippen molar-refractivity contribution in [3.63, 3.8) is 0 Å². The molecule has 0 fully saturated rings. The third-order valence-electron chi connectivity index (χ3n) is 5.57. The van der Waals surface area contributed by atoms with E-state index in [1.165, 1.54) is 10.7 Å². The molecule has 0 spiro atoms. The minimum Gasteiger partial charge on any atom is -0.480 e. The number of ether oxygens (including phenoxy) is 1. The lowest BCUT2D eigenvalue weighted by atomic mass is 9.98. The van der Waals surface area contributed by atoms with E-state index in [9.17, 15) is 14.4 Å². The summed E-state index contributed by atoms with van der Waals surface area (Å²) in [6, 6.07) is 17.4. The highest BCUT2D eigenvalue weighted by Crippen LogP contribution is 2.44. The van der Waals surface area contributed by atoms with Gasteiger partial charge in [0.05, 0.1) is 6.54 Å². The zero-order chi connectivity index (χ0) is 24.2. The van der Waals surface area contributed by atoms with Gasteiger partial charge >= 0.3 is 12.1 Å². The number of carbonyl (C=O) groups excluding carboxylic acids is 2. The lowest BCUT2D eigenvalue weighted by Gasteiger charge is -2.16. The molecule has 3 aromatic rings. The van der Waals surface area contributed by atoms with Crippen LogP contribution in [0.15, 0.2) is 54.6 Å². The van der Waals surface area contributed by atoms with Gasteiger partial charge in [-0.1, -0.05) is 54.5 Å². The van der Waals surface area contributed by atoms with E-state index < -0.39 is 24.5 Å². The summed E-state index contributed by atoms with van der Waals surface area (Å²) >= 11 is 0. The molecule has 172 valence electrons. The molecule has 9 nitrogen and oxygen atoms in total. The largest absolute Gasteiger partial charge is 0.480 e. The molecule has 0 unspecified atom stereocenters. The van der Waals surface area contributed by atoms with Crippen molar-refractivity contribution in [3.8, 4) is 23.5 Å². The zero-order valence-electron chi connectivity index (χ0n) is 18.4. The fraction of sp³-hybridized carbons (Fsp3) is 0.200. The van der Waals surface area contributed by atoms with E-state index in [1.807, 2.05) is 36.4 Å². The monoisotopic (exact) mass is 458 g/mol. The highest BCUT2D eigenvalue weighted by Gasteiger charge is 2.29. The molecule has 4 rings (SSSR count). The molecular formula is C25H22N4O5. The smallest absolute Gasteiger partial charge is 0.412 e. The van der Waals surface area contributed by atoms with E-state index in [4.69, 9.17) is 16.3 Å². The molecule has 9 heteroatoms. The SMILES string of the molecule is C#CCN(CC(=O)O)C(=O)c1cc(NC(=O)OCC2c3ccccc3-c3ccccc32)n(C)n1. The van der Waals surface area contributed by atoms with Gasteiger partial charge < -0.3 is 14.7 Å². The molecule has 0 bridgehead atoms. The third-order valence-corrected chi connectivity index (χ3v) is 5.57. The van der Waals surface area contributed by atoms with Gasteiger partial charge in [0.15, 0.2) is 5.69 Å². The summed E-state index contributed by atoms with van der Waals surface area (Å²) in [4.78, 5) is 37.1. The summed E-state index contributed by atoms with van der Waals surface area (Å²) in [6.07, 6.45) is 4.53. The van der Waals surface area contributed by atoms with E-state index >= 15 is 0 Å². The molecular weight excluding hydrogens is 436 g/mol. The predicted molar refractivity (Wildman–Crippen MR) is 124 cm³/mol. The van der Waals surface area contributed by atoms with Gasteiger partial charge in [0, 0.05) is 19.0 Å². The average Bonchev–Trinajstić information content (AvgIpc) is 3.34. The number of carboxylic acids is 1. The summed E-state index contributed by atoms with van der Waals surface area (Å²) in [5.74, 6) is 0.530. The van der Waals surface area contributed by atoms with Crippen LogP contribution in [0.25, 0.3) is 11.1 Å². The topological polar surface area (TPSA) is 114 Å². The molecule has 2 amide bonds. The van der Waals surface area contributed by atoms with Crippen molar-refractivity contribution in [3.05, 3.63) is 71.4 Å². The van der Waals surface area contributed by atoms with Gasteiger partial charge in [-0.3, -0.25) is 19.6 Å². The highest BCUT2D eigenvalue weighted by atomic mass is 16.5. The first kappa shape index (κ1) is 22.6. The van der Waals surface area contributed by atoms with Crippen molar-refractivity contribution in [2.24, 2.45) is 7.05 Å². The van der Waals surface area contributed by atoms with Crippen LogP contribution in [-0.2, 0) is 16.6 Å². The van der Waals surface area contributed by atoms with Crippen molar-refractivity contribution in [2.45, 2.75) is 5.92 Å². The maximum absolute atomic E-state index is 12.6. The van der Waals surface area contributed by atoms with Gasteiger partial charge in [-0.25, -0.2) is 4.79 Å². The number of nitrogens with one attached hydrogen (secondary N) is 1. The molecule has 1 aromatic heterocycles. The molecule has 0 saturated heterocycles.